The average Bonchev–Trinajstić information content (AvgIpc) is 2.41. The summed E-state index contributed by atoms with van der Waals surface area (Å²) in [5, 5.41) is 10.8. The topological polar surface area (TPSA) is 32.7 Å². The van der Waals surface area contributed by atoms with Gasteiger partial charge in [-0.2, -0.15) is 0 Å². The molecular weight excluding hydrogens is 250 g/mol. The van der Waals surface area contributed by atoms with Gasteiger partial charge in [-0.3, -0.25) is 4.90 Å². The second-order valence-corrected chi connectivity index (χ2v) is 6.54. The van der Waals surface area contributed by atoms with E-state index in [0.717, 1.165) is 35.9 Å². The molecule has 0 spiro atoms. The quantitative estimate of drug-likeness (QED) is 0.855. The highest BCUT2D eigenvalue weighted by Gasteiger charge is 2.35. The maximum Gasteiger partial charge on any atom is 0.128 e. The summed E-state index contributed by atoms with van der Waals surface area (Å²) in [5.41, 5.74) is 3.29. The van der Waals surface area contributed by atoms with E-state index < -0.39 is 6.10 Å². The average molecular weight is 275 g/mol. The molecular formula is C17H25NO2. The van der Waals surface area contributed by atoms with Gasteiger partial charge in [0.05, 0.1) is 6.04 Å². The third-order valence-corrected chi connectivity index (χ3v) is 4.82. The number of ether oxygens (including phenoxy) is 1. The number of hydrogen-bond acceptors (Lipinski definition) is 3. The Kier molecular flexibility index (Phi) is 3.74. The molecule has 1 aromatic carbocycles. The number of aliphatic hydroxyl groups excluding tert-OH is 1. The Hall–Kier alpha value is -1.06. The summed E-state index contributed by atoms with van der Waals surface area (Å²) in [6.45, 7) is 9.20. The minimum absolute atomic E-state index is 0.108. The minimum atomic E-state index is -0.425. The van der Waals surface area contributed by atoms with Crippen molar-refractivity contribution in [1.82, 2.24) is 4.90 Å². The Morgan fingerprint density at radius 1 is 1.20 bits per heavy atom. The van der Waals surface area contributed by atoms with Gasteiger partial charge < -0.3 is 9.84 Å². The van der Waals surface area contributed by atoms with Gasteiger partial charge in [0.2, 0.25) is 0 Å². The first-order valence-electron chi connectivity index (χ1n) is 7.72. The molecule has 2 unspecified atom stereocenters. The molecule has 3 rings (SSSR count). The molecule has 2 aliphatic heterocycles. The minimum Gasteiger partial charge on any atom is -0.491 e. The Labute approximate surface area is 121 Å². The summed E-state index contributed by atoms with van der Waals surface area (Å²) in [6.07, 6.45) is 2.03. The number of rotatable bonds is 1. The van der Waals surface area contributed by atoms with Crippen molar-refractivity contribution in [3.05, 3.63) is 28.8 Å². The molecule has 0 radical (unpaired) electrons. The van der Waals surface area contributed by atoms with E-state index >= 15 is 0 Å². The Bertz CT molecular complexity index is 492. The summed E-state index contributed by atoms with van der Waals surface area (Å²) >= 11 is 0. The maximum atomic E-state index is 10.8. The number of likely N-dealkylation sites (tertiary alicyclic amines) is 1. The van der Waals surface area contributed by atoms with Gasteiger partial charge >= 0.3 is 0 Å². The number of hydrogen-bond donors (Lipinski definition) is 1. The van der Waals surface area contributed by atoms with Crippen molar-refractivity contribution in [1.29, 1.82) is 0 Å². The van der Waals surface area contributed by atoms with Crippen LogP contribution in [0.15, 0.2) is 12.1 Å². The molecule has 110 valence electrons. The summed E-state index contributed by atoms with van der Waals surface area (Å²) in [5.74, 6) is 1.70. The molecule has 3 nitrogen and oxygen atoms in total. The third-order valence-electron chi connectivity index (χ3n) is 4.82. The van der Waals surface area contributed by atoms with E-state index in [2.05, 4.69) is 37.8 Å². The van der Waals surface area contributed by atoms with Gasteiger partial charge in [0.15, 0.2) is 0 Å². The number of aryl methyl sites for hydroxylation is 2. The molecule has 3 heteroatoms. The summed E-state index contributed by atoms with van der Waals surface area (Å²) in [6, 6.07) is 4.30. The van der Waals surface area contributed by atoms with Crippen LogP contribution < -0.4 is 4.74 Å². The van der Waals surface area contributed by atoms with Crippen LogP contribution in [0.2, 0.25) is 0 Å². The van der Waals surface area contributed by atoms with Crippen LogP contribution in [0.5, 0.6) is 5.75 Å². The molecule has 0 amide bonds. The van der Waals surface area contributed by atoms with Crippen LogP contribution in [0.25, 0.3) is 0 Å². The zero-order chi connectivity index (χ0) is 14.3. The van der Waals surface area contributed by atoms with E-state index in [-0.39, 0.29) is 6.04 Å². The molecule has 1 saturated heterocycles. The molecule has 2 heterocycles. The lowest BCUT2D eigenvalue weighted by atomic mass is 9.91. The fourth-order valence-electron chi connectivity index (χ4n) is 3.54. The number of aliphatic hydroxyl groups is 1. The van der Waals surface area contributed by atoms with E-state index in [0.29, 0.717) is 6.61 Å². The number of nitrogens with zero attached hydrogens (tertiary/aromatic N) is 1. The predicted octanol–water partition coefficient (Wildman–Crippen LogP) is 2.83. The van der Waals surface area contributed by atoms with Crippen molar-refractivity contribution in [2.45, 2.75) is 45.8 Å². The SMILES string of the molecule is Cc1cc(C)c2c(c1)C(O)C(N1CCC(C)CC1)CO2. The van der Waals surface area contributed by atoms with Crippen molar-refractivity contribution in [2.75, 3.05) is 19.7 Å². The van der Waals surface area contributed by atoms with Crippen LogP contribution in [0, 0.1) is 19.8 Å². The Morgan fingerprint density at radius 2 is 1.90 bits per heavy atom. The smallest absolute Gasteiger partial charge is 0.128 e. The molecule has 0 aromatic heterocycles. The zero-order valence-electron chi connectivity index (χ0n) is 12.7. The normalized spacial score (nSPS) is 28.0. The van der Waals surface area contributed by atoms with Crippen molar-refractivity contribution in [2.24, 2.45) is 5.92 Å². The van der Waals surface area contributed by atoms with E-state index in [1.165, 1.54) is 18.4 Å². The molecule has 1 N–H and O–H groups in total. The van der Waals surface area contributed by atoms with Gasteiger partial charge in [0, 0.05) is 5.56 Å². The monoisotopic (exact) mass is 275 g/mol. The third kappa shape index (κ3) is 2.45. The van der Waals surface area contributed by atoms with Crippen LogP contribution in [0.3, 0.4) is 0 Å². The second-order valence-electron chi connectivity index (χ2n) is 6.54. The Balaban J connectivity index is 1.83. The van der Waals surface area contributed by atoms with Crippen LogP contribution >= 0.6 is 0 Å². The van der Waals surface area contributed by atoms with Gasteiger partial charge in [-0.15, -0.1) is 0 Å². The van der Waals surface area contributed by atoms with E-state index in [9.17, 15) is 5.11 Å². The summed E-state index contributed by atoms with van der Waals surface area (Å²) < 4.78 is 5.97. The van der Waals surface area contributed by atoms with Gasteiger partial charge in [0.1, 0.15) is 18.5 Å². The van der Waals surface area contributed by atoms with Gasteiger partial charge in [-0.1, -0.05) is 18.6 Å². The first-order chi connectivity index (χ1) is 9.56. The largest absolute Gasteiger partial charge is 0.491 e. The predicted molar refractivity (Wildman–Crippen MR) is 80.1 cm³/mol. The van der Waals surface area contributed by atoms with Gasteiger partial charge in [-0.25, -0.2) is 0 Å². The van der Waals surface area contributed by atoms with Crippen LogP contribution in [0.1, 0.15) is 42.6 Å². The molecule has 20 heavy (non-hydrogen) atoms. The van der Waals surface area contributed by atoms with Gasteiger partial charge in [0.25, 0.3) is 0 Å². The van der Waals surface area contributed by atoms with E-state index in [4.69, 9.17) is 4.74 Å². The van der Waals surface area contributed by atoms with Crippen LogP contribution in [0.4, 0.5) is 0 Å². The highest BCUT2D eigenvalue weighted by atomic mass is 16.5. The van der Waals surface area contributed by atoms with Crippen LogP contribution in [-0.2, 0) is 0 Å². The molecule has 0 bridgehead atoms. The summed E-state index contributed by atoms with van der Waals surface area (Å²) in [7, 11) is 0. The number of fused-ring (bicyclic) bond motifs is 1. The van der Waals surface area contributed by atoms with Crippen molar-refractivity contribution in [3.8, 4) is 5.75 Å². The molecule has 2 atom stereocenters. The molecule has 2 aliphatic rings. The molecule has 1 fully saturated rings. The van der Waals surface area contributed by atoms with Crippen molar-refractivity contribution < 1.29 is 9.84 Å². The second kappa shape index (κ2) is 5.38. The van der Waals surface area contributed by atoms with Crippen molar-refractivity contribution in [3.63, 3.8) is 0 Å². The zero-order valence-corrected chi connectivity index (χ0v) is 12.7. The highest BCUT2D eigenvalue weighted by molar-refractivity contribution is 5.46. The number of benzene rings is 1. The molecule has 0 aliphatic carbocycles. The molecule has 0 saturated carbocycles. The first-order valence-corrected chi connectivity index (χ1v) is 7.72. The first kappa shape index (κ1) is 13.9. The summed E-state index contributed by atoms with van der Waals surface area (Å²) in [4.78, 5) is 2.41. The highest BCUT2D eigenvalue weighted by Crippen LogP contribution is 2.38. The van der Waals surface area contributed by atoms with Gasteiger partial charge in [-0.05, 0) is 57.3 Å². The van der Waals surface area contributed by atoms with E-state index in [1.54, 1.807) is 0 Å². The fourth-order valence-corrected chi connectivity index (χ4v) is 3.54. The maximum absolute atomic E-state index is 10.8. The lowest BCUT2D eigenvalue weighted by molar-refractivity contribution is -0.0100. The van der Waals surface area contributed by atoms with Crippen molar-refractivity contribution >= 4 is 0 Å². The lowest BCUT2D eigenvalue weighted by Gasteiger charge is -2.41. The Morgan fingerprint density at radius 3 is 2.60 bits per heavy atom. The lowest BCUT2D eigenvalue weighted by Crippen LogP contribution is -2.49. The fraction of sp³-hybridized carbons (Fsp3) is 0.647. The standard InChI is InChI=1S/C17H25NO2/c1-11-4-6-18(7-5-11)15-10-20-17-13(3)8-12(2)9-14(17)16(15)19/h8-9,11,15-16,19H,4-7,10H2,1-3H3. The molecule has 1 aromatic rings. The van der Waals surface area contributed by atoms with Crippen LogP contribution in [-0.4, -0.2) is 35.7 Å². The van der Waals surface area contributed by atoms with E-state index in [1.807, 2.05) is 0 Å². The number of piperidine rings is 1.